The number of thiophene rings is 1. The lowest BCUT2D eigenvalue weighted by Crippen LogP contribution is -2.46. The van der Waals surface area contributed by atoms with E-state index in [2.05, 4.69) is 24.8 Å². The minimum absolute atomic E-state index is 0.730. The lowest BCUT2D eigenvalue weighted by atomic mass is 10.3. The smallest absolute Gasteiger partial charge is 0.236 e. The zero-order chi connectivity index (χ0) is 16.4. The van der Waals surface area contributed by atoms with Crippen molar-refractivity contribution < 1.29 is 4.42 Å². The number of rotatable bonds is 4. The molecular formula is C17H19N5OS. The summed E-state index contributed by atoms with van der Waals surface area (Å²) in [7, 11) is 0. The molecule has 4 rings (SSSR count). The first-order valence-electron chi connectivity index (χ1n) is 8.04. The molecule has 0 N–H and O–H groups in total. The van der Waals surface area contributed by atoms with Crippen LogP contribution in [-0.4, -0.2) is 46.0 Å². The average molecular weight is 341 g/mol. The maximum Gasteiger partial charge on any atom is 0.236 e. The molecule has 0 aromatic carbocycles. The van der Waals surface area contributed by atoms with Crippen LogP contribution < -0.4 is 4.90 Å². The van der Waals surface area contributed by atoms with Gasteiger partial charge in [-0.25, -0.2) is 15.0 Å². The highest BCUT2D eigenvalue weighted by molar-refractivity contribution is 7.13. The van der Waals surface area contributed by atoms with E-state index in [1.807, 2.05) is 30.5 Å². The van der Waals surface area contributed by atoms with E-state index in [1.54, 1.807) is 23.7 Å². The minimum atomic E-state index is 0.730. The van der Waals surface area contributed by atoms with Crippen molar-refractivity contribution in [2.45, 2.75) is 13.5 Å². The van der Waals surface area contributed by atoms with Gasteiger partial charge in [0.1, 0.15) is 5.76 Å². The number of hydrogen-bond acceptors (Lipinski definition) is 7. The van der Waals surface area contributed by atoms with E-state index < -0.39 is 0 Å². The molecule has 3 aromatic rings. The number of nitrogens with zero attached hydrogens (tertiary/aromatic N) is 5. The van der Waals surface area contributed by atoms with Gasteiger partial charge in [-0.05, 0) is 24.4 Å². The van der Waals surface area contributed by atoms with Crippen molar-refractivity contribution in [1.29, 1.82) is 0 Å². The van der Waals surface area contributed by atoms with Gasteiger partial charge in [-0.15, -0.1) is 11.3 Å². The molecule has 0 bridgehead atoms. The van der Waals surface area contributed by atoms with Crippen LogP contribution in [0.4, 0.5) is 5.95 Å². The second kappa shape index (κ2) is 6.70. The number of oxazole rings is 1. The first kappa shape index (κ1) is 15.3. The molecule has 0 aliphatic carbocycles. The van der Waals surface area contributed by atoms with E-state index in [0.29, 0.717) is 0 Å². The summed E-state index contributed by atoms with van der Waals surface area (Å²) in [5, 5.41) is 2.04. The molecule has 0 spiro atoms. The van der Waals surface area contributed by atoms with Crippen LogP contribution in [0.1, 0.15) is 11.5 Å². The fraction of sp³-hybridized carbons (Fsp3) is 0.353. The summed E-state index contributed by atoms with van der Waals surface area (Å²) >= 11 is 1.65. The monoisotopic (exact) mass is 341 g/mol. The molecule has 0 unspecified atom stereocenters. The standard InChI is InChI=1S/C17H19N5OS/c1-13-14(20-16(23-13)15-4-2-11-24-15)12-21-7-9-22(10-8-21)17-18-5-3-6-19-17/h2-6,11H,7-10,12H2,1H3. The van der Waals surface area contributed by atoms with Crippen LogP contribution in [0.25, 0.3) is 10.8 Å². The zero-order valence-electron chi connectivity index (χ0n) is 13.6. The maximum absolute atomic E-state index is 5.83. The Kier molecular flexibility index (Phi) is 4.27. The lowest BCUT2D eigenvalue weighted by Gasteiger charge is -2.34. The Labute approximate surface area is 144 Å². The van der Waals surface area contributed by atoms with E-state index in [1.165, 1.54) is 0 Å². The molecule has 3 aromatic heterocycles. The quantitative estimate of drug-likeness (QED) is 0.727. The molecular weight excluding hydrogens is 322 g/mol. The minimum Gasteiger partial charge on any atom is -0.440 e. The normalized spacial score (nSPS) is 15.8. The van der Waals surface area contributed by atoms with Gasteiger partial charge in [-0.2, -0.15) is 0 Å². The van der Waals surface area contributed by atoms with Crippen LogP contribution in [0.15, 0.2) is 40.4 Å². The number of aromatic nitrogens is 3. The second-order valence-corrected chi connectivity index (χ2v) is 6.76. The predicted molar refractivity (Wildman–Crippen MR) is 94.1 cm³/mol. The third kappa shape index (κ3) is 3.18. The Morgan fingerprint density at radius 3 is 2.62 bits per heavy atom. The van der Waals surface area contributed by atoms with Crippen LogP contribution in [-0.2, 0) is 6.54 Å². The highest BCUT2D eigenvalue weighted by Crippen LogP contribution is 2.26. The Balaban J connectivity index is 1.39. The van der Waals surface area contributed by atoms with Crippen molar-refractivity contribution in [2.24, 2.45) is 0 Å². The molecule has 1 fully saturated rings. The van der Waals surface area contributed by atoms with E-state index >= 15 is 0 Å². The largest absolute Gasteiger partial charge is 0.440 e. The van der Waals surface area contributed by atoms with Gasteiger partial charge in [0.05, 0.1) is 10.6 Å². The molecule has 1 saturated heterocycles. The van der Waals surface area contributed by atoms with E-state index in [0.717, 1.165) is 60.9 Å². The molecule has 0 radical (unpaired) electrons. The van der Waals surface area contributed by atoms with Gasteiger partial charge in [0.2, 0.25) is 11.8 Å². The fourth-order valence-electron chi connectivity index (χ4n) is 2.85. The third-order valence-electron chi connectivity index (χ3n) is 4.21. The van der Waals surface area contributed by atoms with Gasteiger partial charge in [0.15, 0.2) is 0 Å². The summed E-state index contributed by atoms with van der Waals surface area (Å²) in [6.07, 6.45) is 3.58. The predicted octanol–water partition coefficient (Wildman–Crippen LogP) is 2.82. The van der Waals surface area contributed by atoms with Crippen LogP contribution in [0, 0.1) is 6.92 Å². The first-order valence-corrected chi connectivity index (χ1v) is 8.92. The highest BCUT2D eigenvalue weighted by Gasteiger charge is 2.21. The van der Waals surface area contributed by atoms with E-state index in [-0.39, 0.29) is 0 Å². The second-order valence-electron chi connectivity index (χ2n) is 5.81. The Morgan fingerprint density at radius 2 is 1.92 bits per heavy atom. The number of piperazine rings is 1. The Hall–Kier alpha value is -2.25. The summed E-state index contributed by atoms with van der Waals surface area (Å²) in [5.41, 5.74) is 1.03. The Bertz CT molecular complexity index is 779. The molecule has 1 aliphatic rings. The number of hydrogen-bond donors (Lipinski definition) is 0. The van der Waals surface area contributed by atoms with Crippen molar-refractivity contribution in [1.82, 2.24) is 19.9 Å². The van der Waals surface area contributed by atoms with Gasteiger partial charge in [-0.3, -0.25) is 4.90 Å². The van der Waals surface area contributed by atoms with E-state index in [9.17, 15) is 0 Å². The van der Waals surface area contributed by atoms with Crippen LogP contribution in [0.5, 0.6) is 0 Å². The third-order valence-corrected chi connectivity index (χ3v) is 5.06. The molecule has 4 heterocycles. The van der Waals surface area contributed by atoms with Gasteiger partial charge < -0.3 is 9.32 Å². The fourth-order valence-corrected chi connectivity index (χ4v) is 3.50. The highest BCUT2D eigenvalue weighted by atomic mass is 32.1. The number of aryl methyl sites for hydroxylation is 1. The van der Waals surface area contributed by atoms with Crippen LogP contribution >= 0.6 is 11.3 Å². The molecule has 0 amide bonds. The average Bonchev–Trinajstić information content (AvgIpc) is 3.27. The molecule has 0 saturated carbocycles. The van der Waals surface area contributed by atoms with Gasteiger partial charge in [0, 0.05) is 45.1 Å². The van der Waals surface area contributed by atoms with Crippen molar-refractivity contribution in [3.8, 4) is 10.8 Å². The van der Waals surface area contributed by atoms with Gasteiger partial charge >= 0.3 is 0 Å². The van der Waals surface area contributed by atoms with Gasteiger partial charge in [-0.1, -0.05) is 6.07 Å². The molecule has 1 aliphatic heterocycles. The zero-order valence-corrected chi connectivity index (χ0v) is 14.4. The first-order chi connectivity index (χ1) is 11.8. The lowest BCUT2D eigenvalue weighted by molar-refractivity contribution is 0.245. The summed E-state index contributed by atoms with van der Waals surface area (Å²) in [5.74, 6) is 2.45. The summed E-state index contributed by atoms with van der Waals surface area (Å²) in [4.78, 5) is 19.1. The van der Waals surface area contributed by atoms with Gasteiger partial charge in [0.25, 0.3) is 0 Å². The molecule has 0 atom stereocenters. The van der Waals surface area contributed by atoms with E-state index in [4.69, 9.17) is 4.42 Å². The summed E-state index contributed by atoms with van der Waals surface area (Å²) in [6.45, 7) is 6.62. The van der Waals surface area contributed by atoms with Crippen LogP contribution in [0.2, 0.25) is 0 Å². The Morgan fingerprint density at radius 1 is 1.12 bits per heavy atom. The molecule has 7 heteroatoms. The van der Waals surface area contributed by atoms with Crippen molar-refractivity contribution in [2.75, 3.05) is 31.1 Å². The molecule has 6 nitrogen and oxygen atoms in total. The van der Waals surface area contributed by atoms with Crippen LogP contribution in [0.3, 0.4) is 0 Å². The summed E-state index contributed by atoms with van der Waals surface area (Å²) < 4.78 is 5.83. The number of anilines is 1. The SMILES string of the molecule is Cc1oc(-c2cccs2)nc1CN1CCN(c2ncccn2)CC1. The molecule has 24 heavy (non-hydrogen) atoms. The summed E-state index contributed by atoms with van der Waals surface area (Å²) in [6, 6.07) is 5.90. The van der Waals surface area contributed by atoms with Crippen molar-refractivity contribution in [3.05, 3.63) is 47.4 Å². The topological polar surface area (TPSA) is 58.3 Å². The maximum atomic E-state index is 5.83. The van der Waals surface area contributed by atoms with Crippen molar-refractivity contribution >= 4 is 17.3 Å². The van der Waals surface area contributed by atoms with Crippen molar-refractivity contribution in [3.63, 3.8) is 0 Å². The molecule has 124 valence electrons.